The molecule has 29 heavy (non-hydrogen) atoms. The second-order valence-electron chi connectivity index (χ2n) is 6.81. The second-order valence-corrected chi connectivity index (χ2v) is 8.73. The molecule has 0 aliphatic carbocycles. The third-order valence-electron chi connectivity index (χ3n) is 4.92. The molecule has 0 fully saturated rings. The summed E-state index contributed by atoms with van der Waals surface area (Å²) in [4.78, 5) is 14.7. The van der Waals surface area contributed by atoms with E-state index in [4.69, 9.17) is 0 Å². The van der Waals surface area contributed by atoms with E-state index in [0.29, 0.717) is 5.56 Å². The summed E-state index contributed by atoms with van der Waals surface area (Å²) >= 11 is 0. The van der Waals surface area contributed by atoms with E-state index in [1.807, 2.05) is 32.0 Å². The predicted molar refractivity (Wildman–Crippen MR) is 117 cm³/mol. The lowest BCUT2D eigenvalue weighted by Crippen LogP contribution is -2.26. The molecular formula is C24H23NO3S. The minimum atomic E-state index is -3.87. The lowest BCUT2D eigenvalue weighted by atomic mass is 10.1. The number of aryl methyl sites for hydroxylation is 1. The number of nitrogens with zero attached hydrogens (tertiary/aromatic N) is 1. The van der Waals surface area contributed by atoms with Gasteiger partial charge in [0.15, 0.2) is 0 Å². The molecule has 0 aliphatic heterocycles. The van der Waals surface area contributed by atoms with Gasteiger partial charge in [0.05, 0.1) is 9.80 Å². The Labute approximate surface area is 172 Å². The molecule has 0 N–H and O–H groups in total. The maximum absolute atomic E-state index is 13.3. The van der Waals surface area contributed by atoms with Crippen molar-refractivity contribution in [1.29, 1.82) is 0 Å². The SMILES string of the molecule is Cc1cccc(N(C)C(=O)/C=C(\c2ccccc2)S(=O)(=O)c2ccccc2)c1C. The van der Waals surface area contributed by atoms with Gasteiger partial charge in [-0.15, -0.1) is 0 Å². The van der Waals surface area contributed by atoms with Crippen LogP contribution in [0, 0.1) is 13.8 Å². The number of benzene rings is 3. The van der Waals surface area contributed by atoms with Crippen molar-refractivity contribution in [3.8, 4) is 0 Å². The molecule has 0 unspecified atom stereocenters. The highest BCUT2D eigenvalue weighted by molar-refractivity contribution is 8.00. The quantitative estimate of drug-likeness (QED) is 0.574. The Morgan fingerprint density at radius 1 is 0.828 bits per heavy atom. The van der Waals surface area contributed by atoms with Crippen molar-refractivity contribution in [2.45, 2.75) is 18.7 Å². The van der Waals surface area contributed by atoms with Gasteiger partial charge >= 0.3 is 0 Å². The minimum absolute atomic E-state index is 0.0218. The summed E-state index contributed by atoms with van der Waals surface area (Å²) in [5.41, 5.74) is 3.25. The summed E-state index contributed by atoms with van der Waals surface area (Å²) in [7, 11) is -2.22. The molecule has 0 aromatic heterocycles. The van der Waals surface area contributed by atoms with Crippen LogP contribution < -0.4 is 4.90 Å². The fourth-order valence-corrected chi connectivity index (χ4v) is 4.54. The summed E-state index contributed by atoms with van der Waals surface area (Å²) < 4.78 is 26.6. The van der Waals surface area contributed by atoms with E-state index in [2.05, 4.69) is 0 Å². The predicted octanol–water partition coefficient (Wildman–Crippen LogP) is 4.78. The molecule has 0 radical (unpaired) electrons. The van der Waals surface area contributed by atoms with Crippen molar-refractivity contribution >= 4 is 26.3 Å². The average molecular weight is 406 g/mol. The number of anilines is 1. The number of likely N-dealkylation sites (N-methyl/N-ethyl adjacent to an activating group) is 1. The van der Waals surface area contributed by atoms with E-state index in [9.17, 15) is 13.2 Å². The molecule has 3 rings (SSSR count). The number of sulfone groups is 1. The van der Waals surface area contributed by atoms with E-state index < -0.39 is 15.7 Å². The van der Waals surface area contributed by atoms with E-state index >= 15 is 0 Å². The number of rotatable bonds is 5. The first-order chi connectivity index (χ1) is 13.8. The van der Waals surface area contributed by atoms with Crippen molar-refractivity contribution in [2.24, 2.45) is 0 Å². The maximum Gasteiger partial charge on any atom is 0.252 e. The van der Waals surface area contributed by atoms with Gasteiger partial charge in [0.2, 0.25) is 9.84 Å². The van der Waals surface area contributed by atoms with Crippen LogP contribution in [-0.2, 0) is 14.6 Å². The van der Waals surface area contributed by atoms with Crippen LogP contribution >= 0.6 is 0 Å². The first-order valence-corrected chi connectivity index (χ1v) is 10.7. The summed E-state index contributed by atoms with van der Waals surface area (Å²) in [5, 5.41) is 0. The van der Waals surface area contributed by atoms with Crippen LogP contribution in [0.3, 0.4) is 0 Å². The van der Waals surface area contributed by atoms with Crippen LogP contribution in [0.5, 0.6) is 0 Å². The Balaban J connectivity index is 2.11. The Kier molecular flexibility index (Phi) is 5.99. The largest absolute Gasteiger partial charge is 0.312 e. The van der Waals surface area contributed by atoms with Gasteiger partial charge in [-0.2, -0.15) is 0 Å². The van der Waals surface area contributed by atoms with Crippen LogP contribution in [0.1, 0.15) is 16.7 Å². The van der Waals surface area contributed by atoms with Gasteiger partial charge in [0, 0.05) is 18.8 Å². The van der Waals surface area contributed by atoms with Gasteiger partial charge in [0.25, 0.3) is 5.91 Å². The van der Waals surface area contributed by atoms with Crippen molar-refractivity contribution in [3.05, 3.63) is 102 Å². The van der Waals surface area contributed by atoms with Crippen LogP contribution in [0.25, 0.3) is 4.91 Å². The molecule has 5 heteroatoms. The fraction of sp³-hybridized carbons (Fsp3) is 0.125. The van der Waals surface area contributed by atoms with Gasteiger partial charge in [-0.3, -0.25) is 4.79 Å². The molecule has 0 saturated heterocycles. The van der Waals surface area contributed by atoms with Crippen LogP contribution in [0.15, 0.2) is 89.8 Å². The molecule has 148 valence electrons. The average Bonchev–Trinajstić information content (AvgIpc) is 2.74. The lowest BCUT2D eigenvalue weighted by Gasteiger charge is -2.20. The number of carbonyl (C=O) groups excluding carboxylic acids is 1. The van der Waals surface area contributed by atoms with E-state index in [-0.39, 0.29) is 9.80 Å². The topological polar surface area (TPSA) is 54.5 Å². The highest BCUT2D eigenvalue weighted by atomic mass is 32.2. The highest BCUT2D eigenvalue weighted by Crippen LogP contribution is 2.29. The molecule has 3 aromatic carbocycles. The third-order valence-corrected chi connectivity index (χ3v) is 6.75. The summed E-state index contributed by atoms with van der Waals surface area (Å²) in [5.74, 6) is -0.406. The monoisotopic (exact) mass is 405 g/mol. The Hall–Kier alpha value is -3.18. The second kappa shape index (κ2) is 8.45. The summed E-state index contributed by atoms with van der Waals surface area (Å²) in [6.45, 7) is 3.92. The number of hydrogen-bond donors (Lipinski definition) is 0. The highest BCUT2D eigenvalue weighted by Gasteiger charge is 2.24. The van der Waals surface area contributed by atoms with Crippen molar-refractivity contribution < 1.29 is 13.2 Å². The lowest BCUT2D eigenvalue weighted by molar-refractivity contribution is -0.113. The molecule has 1 amide bonds. The molecule has 0 atom stereocenters. The summed E-state index contributed by atoms with van der Waals surface area (Å²) in [6, 6.07) is 22.5. The third kappa shape index (κ3) is 4.30. The molecule has 4 nitrogen and oxygen atoms in total. The molecule has 3 aromatic rings. The fourth-order valence-electron chi connectivity index (χ4n) is 3.07. The number of hydrogen-bond acceptors (Lipinski definition) is 3. The number of carbonyl (C=O) groups is 1. The maximum atomic E-state index is 13.3. The van der Waals surface area contributed by atoms with E-state index in [0.717, 1.165) is 16.8 Å². The van der Waals surface area contributed by atoms with Gasteiger partial charge in [-0.05, 0) is 48.7 Å². The van der Waals surface area contributed by atoms with Crippen LogP contribution in [-0.4, -0.2) is 21.4 Å². The van der Waals surface area contributed by atoms with Gasteiger partial charge in [-0.1, -0.05) is 60.7 Å². The molecule has 0 saturated carbocycles. The van der Waals surface area contributed by atoms with Crippen molar-refractivity contribution in [2.75, 3.05) is 11.9 Å². The van der Waals surface area contributed by atoms with Crippen molar-refractivity contribution in [3.63, 3.8) is 0 Å². The van der Waals surface area contributed by atoms with E-state index in [1.165, 1.54) is 23.1 Å². The smallest absolute Gasteiger partial charge is 0.252 e. The standard InChI is InChI=1S/C24H23NO3S/c1-18-11-10-16-22(19(18)2)25(3)24(26)17-23(20-12-6-4-7-13-20)29(27,28)21-14-8-5-9-15-21/h4-17H,1-3H3/b23-17+. The molecular weight excluding hydrogens is 382 g/mol. The number of amides is 1. The first-order valence-electron chi connectivity index (χ1n) is 9.23. The van der Waals surface area contributed by atoms with Gasteiger partial charge in [0.1, 0.15) is 0 Å². The summed E-state index contributed by atoms with van der Waals surface area (Å²) in [6.07, 6.45) is 1.21. The molecule has 0 aliphatic rings. The van der Waals surface area contributed by atoms with Gasteiger partial charge < -0.3 is 4.90 Å². The minimum Gasteiger partial charge on any atom is -0.312 e. The zero-order valence-corrected chi connectivity index (χ0v) is 17.5. The molecule has 0 spiro atoms. The Bertz CT molecular complexity index is 1150. The molecule has 0 bridgehead atoms. The Morgan fingerprint density at radius 2 is 1.41 bits per heavy atom. The van der Waals surface area contributed by atoms with E-state index in [1.54, 1.807) is 55.6 Å². The zero-order chi connectivity index (χ0) is 21.0. The Morgan fingerprint density at radius 3 is 2.03 bits per heavy atom. The van der Waals surface area contributed by atoms with Crippen LogP contribution in [0.2, 0.25) is 0 Å². The van der Waals surface area contributed by atoms with Crippen molar-refractivity contribution in [1.82, 2.24) is 0 Å². The van der Waals surface area contributed by atoms with Crippen LogP contribution in [0.4, 0.5) is 5.69 Å². The normalized spacial score (nSPS) is 11.9. The first kappa shape index (κ1) is 20.6. The van der Waals surface area contributed by atoms with Gasteiger partial charge in [-0.25, -0.2) is 8.42 Å². The molecule has 0 heterocycles. The zero-order valence-electron chi connectivity index (χ0n) is 16.7.